The maximum atomic E-state index is 4.53. The van der Waals surface area contributed by atoms with Gasteiger partial charge in [-0.25, -0.2) is 0 Å². The predicted octanol–water partition coefficient (Wildman–Crippen LogP) is -2.15. The molecule has 0 aliphatic carbocycles. The zero-order chi connectivity index (χ0) is 3.54. The van der Waals surface area contributed by atoms with Crippen LogP contribution in [0.25, 0.3) is 0 Å². The van der Waals surface area contributed by atoms with E-state index < -0.39 is 0 Å². The maximum absolute atomic E-state index is 4.53. The number of hydrogen-bond donors (Lipinski definition) is 0. The van der Waals surface area contributed by atoms with Gasteiger partial charge in [-0.2, -0.15) is 6.08 Å². The van der Waals surface area contributed by atoms with Crippen LogP contribution in [0.1, 0.15) is 0 Å². The maximum Gasteiger partial charge on any atom is 1.00 e. The molecule has 0 bridgehead atoms. The molecule has 0 atom stereocenters. The molecular weight excluding hydrogens is 71.0 g/mol. The Kier molecular flexibility index (Phi) is 2.89. The summed E-state index contributed by atoms with van der Waals surface area (Å²) in [5.41, 5.74) is 2.69. The van der Waals surface area contributed by atoms with E-state index in [2.05, 4.69) is 10.5 Å². The molecule has 0 saturated heterocycles. The van der Waals surface area contributed by atoms with Gasteiger partial charge in [0.25, 0.3) is 0 Å². The third-order valence-corrected chi connectivity index (χ3v) is 0.379. The fourth-order valence-electron chi connectivity index (χ4n) is 0.196. The zero-order valence-corrected chi connectivity index (χ0v) is 3.64. The molecule has 1 rings (SSSR count). The van der Waals surface area contributed by atoms with Crippen molar-refractivity contribution in [3.8, 4) is 0 Å². The Morgan fingerprint density at radius 2 is 2.50 bits per heavy atom. The van der Waals surface area contributed by atoms with Crippen LogP contribution < -0.4 is 18.9 Å². The molecule has 0 amide bonds. The summed E-state index contributed by atoms with van der Waals surface area (Å²) >= 11 is 0. The Bertz CT molecular complexity index is 73.5. The van der Waals surface area contributed by atoms with Gasteiger partial charge in [-0.15, -0.1) is 0 Å². The molecule has 1 nitrogen and oxygen atoms in total. The summed E-state index contributed by atoms with van der Waals surface area (Å²) in [6.07, 6.45) is 3.21. The van der Waals surface area contributed by atoms with Crippen LogP contribution in [0.5, 0.6) is 0 Å². The van der Waals surface area contributed by atoms with Crippen molar-refractivity contribution in [3.63, 3.8) is 0 Å². The van der Waals surface area contributed by atoms with Crippen molar-refractivity contribution in [2.45, 2.75) is 0 Å². The SMILES string of the molecule is C1=C[CH-]OC=1.[Li+]. The molecule has 1 aliphatic rings. The second-order valence-electron chi connectivity index (χ2n) is 0.723. The van der Waals surface area contributed by atoms with E-state index in [-0.39, 0.29) is 18.9 Å². The minimum atomic E-state index is 0. The van der Waals surface area contributed by atoms with Crippen LogP contribution in [0.15, 0.2) is 18.1 Å². The van der Waals surface area contributed by atoms with Crippen molar-refractivity contribution in [2.75, 3.05) is 0 Å². The van der Waals surface area contributed by atoms with Crippen molar-refractivity contribution < 1.29 is 23.6 Å². The minimum absolute atomic E-state index is 0. The van der Waals surface area contributed by atoms with Crippen molar-refractivity contribution >= 4 is 0 Å². The molecule has 0 aromatic rings. The van der Waals surface area contributed by atoms with E-state index in [4.69, 9.17) is 0 Å². The normalized spacial score (nSPS) is 12.0. The Morgan fingerprint density at radius 1 is 1.67 bits per heavy atom. The van der Waals surface area contributed by atoms with Crippen molar-refractivity contribution in [1.82, 2.24) is 0 Å². The molecule has 26 valence electrons. The quantitative estimate of drug-likeness (QED) is 0.181. The molecule has 0 unspecified atom stereocenters. The fraction of sp³-hybridized carbons (Fsp3) is 0. The van der Waals surface area contributed by atoms with Gasteiger partial charge in [0.2, 0.25) is 0 Å². The summed E-state index contributed by atoms with van der Waals surface area (Å²) in [4.78, 5) is 0. The van der Waals surface area contributed by atoms with E-state index in [0.717, 1.165) is 0 Å². The Morgan fingerprint density at radius 3 is 2.67 bits per heavy atom. The summed E-state index contributed by atoms with van der Waals surface area (Å²) in [5.74, 6) is 0. The van der Waals surface area contributed by atoms with Gasteiger partial charge in [0.1, 0.15) is 0 Å². The van der Waals surface area contributed by atoms with E-state index in [0.29, 0.717) is 0 Å². The van der Waals surface area contributed by atoms with Gasteiger partial charge in [0, 0.05) is 6.26 Å². The van der Waals surface area contributed by atoms with Gasteiger partial charge in [-0.3, -0.25) is 0 Å². The molecule has 0 spiro atoms. The van der Waals surface area contributed by atoms with Gasteiger partial charge in [0.05, 0.1) is 0 Å². The second kappa shape index (κ2) is 3.00. The molecule has 0 saturated carbocycles. The average molecular weight is 74.0 g/mol. The molecule has 0 fully saturated rings. The first kappa shape index (κ1) is 5.79. The Labute approximate surface area is 48.9 Å². The van der Waals surface area contributed by atoms with Crippen molar-refractivity contribution in [1.29, 1.82) is 0 Å². The molecule has 0 aromatic heterocycles. The number of hydrogen-bond acceptors (Lipinski definition) is 1. The molecule has 1 aliphatic heterocycles. The smallest absolute Gasteiger partial charge is 0.569 e. The minimum Gasteiger partial charge on any atom is -0.569 e. The molecule has 2 heteroatoms. The largest absolute Gasteiger partial charge is 1.00 e. The first-order chi connectivity index (χ1) is 2.50. The third kappa shape index (κ3) is 1.28. The molecule has 0 N–H and O–H groups in total. The van der Waals surface area contributed by atoms with Crippen molar-refractivity contribution in [3.05, 3.63) is 24.7 Å². The van der Waals surface area contributed by atoms with Crippen LogP contribution in [0.2, 0.25) is 0 Å². The Hall–Kier alpha value is -0.213. The summed E-state index contributed by atoms with van der Waals surface area (Å²) < 4.78 is 4.53. The standard InChI is InChI=1S/C4H3O.Li/c1-2-4-5-3-1;/h1,3-4H;/q-1;+1. The van der Waals surface area contributed by atoms with Gasteiger partial charge >= 0.3 is 18.9 Å². The molecular formula is C4H3LiO. The van der Waals surface area contributed by atoms with E-state index in [1.807, 2.05) is 0 Å². The monoisotopic (exact) mass is 74.0 g/mol. The molecule has 1 heterocycles. The zero-order valence-electron chi connectivity index (χ0n) is 3.64. The van der Waals surface area contributed by atoms with Crippen LogP contribution >= 0.6 is 0 Å². The van der Waals surface area contributed by atoms with E-state index in [1.54, 1.807) is 12.7 Å². The van der Waals surface area contributed by atoms with Gasteiger partial charge in [-0.05, 0) is 0 Å². The number of ether oxygens (including phenoxy) is 1. The van der Waals surface area contributed by atoms with Crippen LogP contribution in [-0.4, -0.2) is 0 Å². The summed E-state index contributed by atoms with van der Waals surface area (Å²) in [6.45, 7) is 1.57. The molecule has 6 heavy (non-hydrogen) atoms. The van der Waals surface area contributed by atoms with Gasteiger partial charge in [-0.1, -0.05) is 6.61 Å². The average Bonchev–Trinajstić information content (AvgIpc) is 1.76. The predicted molar refractivity (Wildman–Crippen MR) is 18.0 cm³/mol. The second-order valence-corrected chi connectivity index (χ2v) is 0.723. The van der Waals surface area contributed by atoms with Crippen LogP contribution in [0, 0.1) is 6.61 Å². The summed E-state index contributed by atoms with van der Waals surface area (Å²) in [6, 6.07) is 0. The topological polar surface area (TPSA) is 9.23 Å². The van der Waals surface area contributed by atoms with Crippen LogP contribution in [0.4, 0.5) is 0 Å². The third-order valence-electron chi connectivity index (χ3n) is 0.379. The van der Waals surface area contributed by atoms with Crippen molar-refractivity contribution in [2.24, 2.45) is 0 Å². The van der Waals surface area contributed by atoms with Gasteiger partial charge < -0.3 is 10.5 Å². The van der Waals surface area contributed by atoms with Crippen LogP contribution in [-0.2, 0) is 4.74 Å². The van der Waals surface area contributed by atoms with E-state index in [9.17, 15) is 0 Å². The molecule has 0 radical (unpaired) electrons. The van der Waals surface area contributed by atoms with E-state index in [1.165, 1.54) is 6.26 Å². The summed E-state index contributed by atoms with van der Waals surface area (Å²) in [5, 5.41) is 0. The Balaban J connectivity index is 0.000000250. The first-order valence-electron chi connectivity index (χ1n) is 1.38. The fourth-order valence-corrected chi connectivity index (χ4v) is 0.196. The van der Waals surface area contributed by atoms with Gasteiger partial charge in [0.15, 0.2) is 0 Å². The summed E-state index contributed by atoms with van der Waals surface area (Å²) in [7, 11) is 0. The number of rotatable bonds is 0. The van der Waals surface area contributed by atoms with E-state index >= 15 is 0 Å². The first-order valence-corrected chi connectivity index (χ1v) is 1.38. The van der Waals surface area contributed by atoms with Crippen LogP contribution in [0.3, 0.4) is 0 Å². The molecule has 0 aromatic carbocycles.